The highest BCUT2D eigenvalue weighted by Crippen LogP contribution is 2.27. The van der Waals surface area contributed by atoms with Crippen LogP contribution in [0.4, 0.5) is 0 Å². The fourth-order valence-corrected chi connectivity index (χ4v) is 2.48. The van der Waals surface area contributed by atoms with Crippen LogP contribution < -0.4 is 10.5 Å². The van der Waals surface area contributed by atoms with Gasteiger partial charge in [0.1, 0.15) is 12.4 Å². The maximum absolute atomic E-state index is 6.14. The molecule has 0 amide bonds. The van der Waals surface area contributed by atoms with Gasteiger partial charge in [-0.1, -0.05) is 17.7 Å². The van der Waals surface area contributed by atoms with Crippen molar-refractivity contribution in [3.8, 4) is 5.75 Å². The maximum atomic E-state index is 6.14. The molecule has 0 saturated heterocycles. The van der Waals surface area contributed by atoms with Crippen molar-refractivity contribution in [1.29, 1.82) is 0 Å². The van der Waals surface area contributed by atoms with E-state index in [4.69, 9.17) is 22.1 Å². The van der Waals surface area contributed by atoms with Crippen LogP contribution in [0.3, 0.4) is 0 Å². The van der Waals surface area contributed by atoms with Crippen molar-refractivity contribution in [3.05, 3.63) is 44.6 Å². The van der Waals surface area contributed by atoms with Crippen LogP contribution in [-0.4, -0.2) is 9.78 Å². The lowest BCUT2D eigenvalue weighted by atomic mass is 10.2. The van der Waals surface area contributed by atoms with E-state index in [0.717, 1.165) is 21.4 Å². The van der Waals surface area contributed by atoms with Crippen LogP contribution in [0.1, 0.15) is 17.0 Å². The van der Waals surface area contributed by atoms with Gasteiger partial charge >= 0.3 is 0 Å². The molecule has 4 nitrogen and oxygen atoms in total. The number of hydrogen-bond donors (Lipinski definition) is 1. The summed E-state index contributed by atoms with van der Waals surface area (Å²) in [6, 6.07) is 5.56. The van der Waals surface area contributed by atoms with Crippen LogP contribution in [0.5, 0.6) is 5.75 Å². The van der Waals surface area contributed by atoms with E-state index < -0.39 is 0 Å². The Labute approximate surface area is 125 Å². The van der Waals surface area contributed by atoms with E-state index in [2.05, 4.69) is 21.0 Å². The van der Waals surface area contributed by atoms with Gasteiger partial charge in [0.25, 0.3) is 0 Å². The van der Waals surface area contributed by atoms with E-state index in [0.29, 0.717) is 23.9 Å². The number of halogens is 2. The summed E-state index contributed by atoms with van der Waals surface area (Å²) in [7, 11) is 1.88. The van der Waals surface area contributed by atoms with Crippen molar-refractivity contribution >= 4 is 27.5 Å². The first-order chi connectivity index (χ1) is 9.02. The molecule has 2 rings (SSSR count). The summed E-state index contributed by atoms with van der Waals surface area (Å²) in [5.41, 5.74) is 8.45. The standard InChI is InChI=1S/C13H15BrClN3O/c1-8-13(14)11(18(2)17-8)7-19-12-4-3-9(6-16)5-10(12)15/h3-5H,6-7,16H2,1-2H3. The van der Waals surface area contributed by atoms with Crippen molar-refractivity contribution < 1.29 is 4.74 Å². The van der Waals surface area contributed by atoms with Crippen LogP contribution in [0.15, 0.2) is 22.7 Å². The molecule has 0 spiro atoms. The van der Waals surface area contributed by atoms with E-state index in [1.54, 1.807) is 4.68 Å². The van der Waals surface area contributed by atoms with Crippen LogP contribution in [-0.2, 0) is 20.2 Å². The fraction of sp³-hybridized carbons (Fsp3) is 0.308. The molecule has 1 aromatic heterocycles. The Balaban J connectivity index is 2.14. The summed E-state index contributed by atoms with van der Waals surface area (Å²) >= 11 is 9.65. The van der Waals surface area contributed by atoms with Crippen molar-refractivity contribution in [3.63, 3.8) is 0 Å². The molecule has 0 aliphatic carbocycles. The lowest BCUT2D eigenvalue weighted by Crippen LogP contribution is -2.04. The molecule has 0 atom stereocenters. The van der Waals surface area contributed by atoms with Crippen molar-refractivity contribution in [2.45, 2.75) is 20.1 Å². The Morgan fingerprint density at radius 1 is 1.47 bits per heavy atom. The van der Waals surface area contributed by atoms with Crippen LogP contribution in [0.2, 0.25) is 5.02 Å². The summed E-state index contributed by atoms with van der Waals surface area (Å²) in [6.45, 7) is 2.81. The lowest BCUT2D eigenvalue weighted by Gasteiger charge is -2.09. The molecule has 0 radical (unpaired) electrons. The third kappa shape index (κ3) is 3.11. The number of nitrogens with two attached hydrogens (primary N) is 1. The van der Waals surface area contributed by atoms with Gasteiger partial charge in [-0.2, -0.15) is 5.10 Å². The minimum Gasteiger partial charge on any atom is -0.486 e. The number of hydrogen-bond acceptors (Lipinski definition) is 3. The van der Waals surface area contributed by atoms with Gasteiger partial charge in [0, 0.05) is 13.6 Å². The summed E-state index contributed by atoms with van der Waals surface area (Å²) < 4.78 is 8.49. The highest BCUT2D eigenvalue weighted by Gasteiger charge is 2.12. The Bertz CT molecular complexity index is 598. The number of benzene rings is 1. The molecule has 1 heterocycles. The number of rotatable bonds is 4. The van der Waals surface area contributed by atoms with Crippen molar-refractivity contribution in [2.75, 3.05) is 0 Å². The first-order valence-electron chi connectivity index (χ1n) is 5.82. The topological polar surface area (TPSA) is 53.1 Å². The smallest absolute Gasteiger partial charge is 0.138 e. The van der Waals surface area contributed by atoms with Crippen molar-refractivity contribution in [2.24, 2.45) is 12.8 Å². The second-order valence-corrected chi connectivity index (χ2v) is 5.43. The summed E-state index contributed by atoms with van der Waals surface area (Å²) in [5.74, 6) is 0.643. The SMILES string of the molecule is Cc1nn(C)c(COc2ccc(CN)cc2Cl)c1Br. The summed E-state index contributed by atoms with van der Waals surface area (Å²) in [5, 5.41) is 4.88. The first kappa shape index (κ1) is 14.4. The summed E-state index contributed by atoms with van der Waals surface area (Å²) in [4.78, 5) is 0. The molecular formula is C13H15BrClN3O. The molecular weight excluding hydrogens is 330 g/mol. The molecule has 2 N–H and O–H groups in total. The molecule has 19 heavy (non-hydrogen) atoms. The molecule has 0 saturated carbocycles. The van der Waals surface area contributed by atoms with Gasteiger partial charge in [-0.25, -0.2) is 0 Å². The molecule has 0 bridgehead atoms. The monoisotopic (exact) mass is 343 g/mol. The van der Waals surface area contributed by atoms with Gasteiger partial charge < -0.3 is 10.5 Å². The van der Waals surface area contributed by atoms with Gasteiger partial charge in [0.2, 0.25) is 0 Å². The molecule has 6 heteroatoms. The average Bonchev–Trinajstić information content (AvgIpc) is 2.62. The highest BCUT2D eigenvalue weighted by atomic mass is 79.9. The minimum absolute atomic E-state index is 0.402. The molecule has 1 aromatic carbocycles. The molecule has 2 aromatic rings. The Morgan fingerprint density at radius 2 is 2.21 bits per heavy atom. The van der Waals surface area contributed by atoms with E-state index in [1.807, 2.05) is 32.2 Å². The normalized spacial score (nSPS) is 10.8. The maximum Gasteiger partial charge on any atom is 0.138 e. The Morgan fingerprint density at radius 3 is 2.74 bits per heavy atom. The van der Waals surface area contributed by atoms with Crippen molar-refractivity contribution in [1.82, 2.24) is 9.78 Å². The quantitative estimate of drug-likeness (QED) is 0.927. The predicted octanol–water partition coefficient (Wildman–Crippen LogP) is 3.18. The van der Waals surface area contributed by atoms with E-state index >= 15 is 0 Å². The minimum atomic E-state index is 0.402. The molecule has 0 fully saturated rings. The van der Waals surface area contributed by atoms with Gasteiger partial charge in [0.15, 0.2) is 0 Å². The van der Waals surface area contributed by atoms with E-state index in [-0.39, 0.29) is 0 Å². The van der Waals surface area contributed by atoms with Crippen LogP contribution in [0, 0.1) is 6.92 Å². The Kier molecular flexibility index (Phi) is 4.50. The van der Waals surface area contributed by atoms with Gasteiger partial charge in [-0.15, -0.1) is 0 Å². The molecule has 0 aliphatic heterocycles. The van der Waals surface area contributed by atoms with Gasteiger partial charge in [-0.05, 0) is 40.5 Å². The average molecular weight is 345 g/mol. The number of nitrogens with zero attached hydrogens (tertiary/aromatic N) is 2. The van der Waals surface area contributed by atoms with E-state index in [1.165, 1.54) is 0 Å². The first-order valence-corrected chi connectivity index (χ1v) is 6.99. The largest absolute Gasteiger partial charge is 0.486 e. The Hall–Kier alpha value is -1.04. The second-order valence-electron chi connectivity index (χ2n) is 4.23. The zero-order valence-corrected chi connectivity index (χ0v) is 13.1. The highest BCUT2D eigenvalue weighted by molar-refractivity contribution is 9.10. The third-order valence-corrected chi connectivity index (χ3v) is 4.18. The van der Waals surface area contributed by atoms with Crippen LogP contribution >= 0.6 is 27.5 Å². The number of ether oxygens (including phenoxy) is 1. The van der Waals surface area contributed by atoms with Gasteiger partial charge in [-0.3, -0.25) is 4.68 Å². The molecule has 0 aliphatic rings. The predicted molar refractivity (Wildman–Crippen MR) is 79.3 cm³/mol. The summed E-state index contributed by atoms with van der Waals surface area (Å²) in [6.07, 6.45) is 0. The zero-order valence-electron chi connectivity index (χ0n) is 10.8. The third-order valence-electron chi connectivity index (χ3n) is 2.86. The van der Waals surface area contributed by atoms with Crippen LogP contribution in [0.25, 0.3) is 0 Å². The zero-order chi connectivity index (χ0) is 14.0. The number of aromatic nitrogens is 2. The van der Waals surface area contributed by atoms with Gasteiger partial charge in [0.05, 0.1) is 20.9 Å². The molecule has 0 unspecified atom stereocenters. The molecule has 102 valence electrons. The number of aryl methyl sites for hydroxylation is 2. The fourth-order valence-electron chi connectivity index (χ4n) is 1.77. The van der Waals surface area contributed by atoms with E-state index in [9.17, 15) is 0 Å². The lowest BCUT2D eigenvalue weighted by molar-refractivity contribution is 0.294. The second kappa shape index (κ2) is 5.94.